The Morgan fingerprint density at radius 1 is 1.38 bits per heavy atom. The second-order valence-corrected chi connectivity index (χ2v) is 5.78. The molecule has 5 heteroatoms. The number of amides is 1. The zero-order chi connectivity index (χ0) is 14.5. The van der Waals surface area contributed by atoms with Gasteiger partial charge in [-0.25, -0.2) is 0 Å². The van der Waals surface area contributed by atoms with Gasteiger partial charge in [0.25, 0.3) is 5.91 Å². The molecule has 118 valence electrons. The third kappa shape index (κ3) is 4.90. The first-order valence-electron chi connectivity index (χ1n) is 7.32. The fraction of sp³-hybridized carbons (Fsp3) is 0.562. The van der Waals surface area contributed by atoms with Gasteiger partial charge in [-0.05, 0) is 37.1 Å². The van der Waals surface area contributed by atoms with E-state index in [0.29, 0.717) is 12.5 Å². The van der Waals surface area contributed by atoms with Crippen LogP contribution in [0.5, 0.6) is 5.75 Å². The summed E-state index contributed by atoms with van der Waals surface area (Å²) in [6, 6.07) is 7.71. The Bertz CT molecular complexity index is 448. The van der Waals surface area contributed by atoms with Crippen molar-refractivity contribution in [2.24, 2.45) is 5.92 Å². The van der Waals surface area contributed by atoms with E-state index in [2.05, 4.69) is 26.1 Å². The first kappa shape index (κ1) is 17.8. The van der Waals surface area contributed by atoms with Gasteiger partial charge < -0.3 is 15.0 Å². The quantitative estimate of drug-likeness (QED) is 0.929. The van der Waals surface area contributed by atoms with Crippen molar-refractivity contribution in [1.82, 2.24) is 10.2 Å². The molecule has 0 saturated carbocycles. The summed E-state index contributed by atoms with van der Waals surface area (Å²) < 4.78 is 5.63. The minimum Gasteiger partial charge on any atom is -0.493 e. The molecule has 1 amide bonds. The lowest BCUT2D eigenvalue weighted by Gasteiger charge is -2.34. The maximum absolute atomic E-state index is 12.4. The summed E-state index contributed by atoms with van der Waals surface area (Å²) in [6.07, 6.45) is 0. The average Bonchev–Trinajstić information content (AvgIpc) is 2.45. The van der Waals surface area contributed by atoms with Gasteiger partial charge in [-0.2, -0.15) is 0 Å². The highest BCUT2D eigenvalue weighted by Gasteiger charge is 2.23. The van der Waals surface area contributed by atoms with Crippen molar-refractivity contribution >= 4 is 18.3 Å². The Morgan fingerprint density at radius 3 is 2.62 bits per heavy atom. The lowest BCUT2D eigenvalue weighted by atomic mass is 10.1. The molecule has 0 unspecified atom stereocenters. The number of ether oxygens (including phenoxy) is 1. The van der Waals surface area contributed by atoms with Crippen LogP contribution in [0.15, 0.2) is 24.3 Å². The first-order chi connectivity index (χ1) is 9.58. The highest BCUT2D eigenvalue weighted by atomic mass is 35.5. The van der Waals surface area contributed by atoms with E-state index in [9.17, 15) is 4.79 Å². The van der Waals surface area contributed by atoms with E-state index in [1.54, 1.807) is 0 Å². The average molecular weight is 313 g/mol. The van der Waals surface area contributed by atoms with E-state index < -0.39 is 0 Å². The minimum atomic E-state index is 0. The van der Waals surface area contributed by atoms with Gasteiger partial charge >= 0.3 is 0 Å². The lowest BCUT2D eigenvalue weighted by molar-refractivity contribution is 0.0655. The molecule has 0 bridgehead atoms. The van der Waals surface area contributed by atoms with Crippen LogP contribution >= 0.6 is 12.4 Å². The van der Waals surface area contributed by atoms with Crippen molar-refractivity contribution in [3.63, 3.8) is 0 Å². The molecule has 1 aromatic rings. The molecular weight excluding hydrogens is 288 g/mol. The summed E-state index contributed by atoms with van der Waals surface area (Å²) in [4.78, 5) is 14.4. The van der Waals surface area contributed by atoms with E-state index in [1.165, 1.54) is 0 Å². The Hall–Kier alpha value is -1.26. The van der Waals surface area contributed by atoms with Crippen LogP contribution in [0.25, 0.3) is 0 Å². The monoisotopic (exact) mass is 312 g/mol. The van der Waals surface area contributed by atoms with Crippen LogP contribution in [-0.4, -0.2) is 43.1 Å². The summed E-state index contributed by atoms with van der Waals surface area (Å²) in [5.41, 5.74) is 0.732. The Balaban J connectivity index is 0.00000220. The molecule has 2 rings (SSSR count). The molecule has 21 heavy (non-hydrogen) atoms. The number of carbonyl (C=O) groups excluding carboxylic acids is 1. The fourth-order valence-corrected chi connectivity index (χ4v) is 2.27. The molecule has 0 aliphatic carbocycles. The number of carbonyl (C=O) groups is 1. The van der Waals surface area contributed by atoms with Gasteiger partial charge in [0.05, 0.1) is 6.61 Å². The molecule has 1 aromatic carbocycles. The highest BCUT2D eigenvalue weighted by Crippen LogP contribution is 2.16. The molecule has 1 aliphatic rings. The maximum atomic E-state index is 12.4. The number of hydrogen-bond donors (Lipinski definition) is 1. The molecule has 1 heterocycles. The Kier molecular flexibility index (Phi) is 6.99. The molecule has 1 N–H and O–H groups in total. The van der Waals surface area contributed by atoms with Gasteiger partial charge in [0.2, 0.25) is 0 Å². The predicted molar refractivity (Wildman–Crippen MR) is 87.4 cm³/mol. The molecule has 0 aromatic heterocycles. The molecule has 4 nitrogen and oxygen atoms in total. The zero-order valence-electron chi connectivity index (χ0n) is 13.0. The van der Waals surface area contributed by atoms with Crippen LogP contribution in [-0.2, 0) is 0 Å². The number of hydrogen-bond acceptors (Lipinski definition) is 3. The second kappa shape index (κ2) is 8.25. The van der Waals surface area contributed by atoms with Gasteiger partial charge in [-0.15, -0.1) is 12.4 Å². The van der Waals surface area contributed by atoms with E-state index in [0.717, 1.165) is 30.9 Å². The maximum Gasteiger partial charge on any atom is 0.254 e. The van der Waals surface area contributed by atoms with Crippen molar-refractivity contribution in [3.05, 3.63) is 29.8 Å². The number of benzene rings is 1. The van der Waals surface area contributed by atoms with E-state index >= 15 is 0 Å². The number of halogens is 1. The van der Waals surface area contributed by atoms with Crippen LogP contribution in [0.1, 0.15) is 31.1 Å². The minimum absolute atomic E-state index is 0. The predicted octanol–water partition coefficient (Wildman–Crippen LogP) is 2.58. The normalized spacial score (nSPS) is 18.3. The van der Waals surface area contributed by atoms with Crippen molar-refractivity contribution in [1.29, 1.82) is 0 Å². The Morgan fingerprint density at radius 2 is 2.05 bits per heavy atom. The number of rotatable bonds is 4. The molecular formula is C16H25ClN2O2. The summed E-state index contributed by atoms with van der Waals surface area (Å²) in [5, 5.41) is 3.29. The third-order valence-corrected chi connectivity index (χ3v) is 3.45. The molecule has 1 atom stereocenters. The Labute approximate surface area is 133 Å². The van der Waals surface area contributed by atoms with Crippen molar-refractivity contribution in [2.75, 3.05) is 26.2 Å². The number of nitrogens with one attached hydrogen (secondary N) is 1. The van der Waals surface area contributed by atoms with Gasteiger partial charge in [0.15, 0.2) is 0 Å². The van der Waals surface area contributed by atoms with Crippen molar-refractivity contribution < 1.29 is 9.53 Å². The molecule has 0 radical (unpaired) electrons. The number of piperazine rings is 1. The first-order valence-corrected chi connectivity index (χ1v) is 7.32. The van der Waals surface area contributed by atoms with E-state index in [1.807, 2.05) is 29.2 Å². The van der Waals surface area contributed by atoms with Gasteiger partial charge in [0.1, 0.15) is 5.75 Å². The topological polar surface area (TPSA) is 41.6 Å². The zero-order valence-corrected chi connectivity index (χ0v) is 13.8. The molecule has 1 aliphatic heterocycles. The summed E-state index contributed by atoms with van der Waals surface area (Å²) in [7, 11) is 0. The van der Waals surface area contributed by atoms with Crippen molar-refractivity contribution in [2.45, 2.75) is 26.8 Å². The highest BCUT2D eigenvalue weighted by molar-refractivity contribution is 5.94. The van der Waals surface area contributed by atoms with E-state index in [4.69, 9.17) is 4.74 Å². The van der Waals surface area contributed by atoms with Crippen LogP contribution in [0.4, 0.5) is 0 Å². The van der Waals surface area contributed by atoms with E-state index in [-0.39, 0.29) is 24.4 Å². The van der Waals surface area contributed by atoms with Crippen molar-refractivity contribution in [3.8, 4) is 5.75 Å². The van der Waals surface area contributed by atoms with Crippen LogP contribution in [0, 0.1) is 5.92 Å². The van der Waals surface area contributed by atoms with Gasteiger partial charge in [0, 0.05) is 31.2 Å². The largest absolute Gasteiger partial charge is 0.493 e. The van der Waals surface area contributed by atoms with Crippen LogP contribution in [0.3, 0.4) is 0 Å². The molecule has 1 fully saturated rings. The summed E-state index contributed by atoms with van der Waals surface area (Å²) in [6.45, 7) is 9.50. The van der Waals surface area contributed by atoms with Gasteiger partial charge in [-0.1, -0.05) is 13.8 Å². The summed E-state index contributed by atoms with van der Waals surface area (Å²) >= 11 is 0. The lowest BCUT2D eigenvalue weighted by Crippen LogP contribution is -2.52. The van der Waals surface area contributed by atoms with Gasteiger partial charge in [-0.3, -0.25) is 4.79 Å². The summed E-state index contributed by atoms with van der Waals surface area (Å²) in [5.74, 6) is 1.43. The second-order valence-electron chi connectivity index (χ2n) is 5.78. The fourth-order valence-electron chi connectivity index (χ4n) is 2.27. The molecule has 1 saturated heterocycles. The van der Waals surface area contributed by atoms with Crippen LogP contribution < -0.4 is 10.1 Å². The van der Waals surface area contributed by atoms with Crippen LogP contribution in [0.2, 0.25) is 0 Å². The number of nitrogens with zero attached hydrogens (tertiary/aromatic N) is 1. The third-order valence-electron chi connectivity index (χ3n) is 3.45. The molecule has 0 spiro atoms. The smallest absolute Gasteiger partial charge is 0.254 e. The standard InChI is InChI=1S/C16H24N2O2.ClH/c1-12(2)11-20-15-6-4-14(5-7-15)16(19)18-9-8-17-10-13(18)3;/h4-7,12-13,17H,8-11H2,1-3H3;1H/t13-;/m0./s1. The SMILES string of the molecule is CC(C)COc1ccc(C(=O)N2CCNC[C@@H]2C)cc1.Cl.